The third-order valence-corrected chi connectivity index (χ3v) is 2.37. The van der Waals surface area contributed by atoms with Gasteiger partial charge in [0.1, 0.15) is 0 Å². The Morgan fingerprint density at radius 1 is 1.25 bits per heavy atom. The lowest BCUT2D eigenvalue weighted by molar-refractivity contribution is 0.393. The van der Waals surface area contributed by atoms with Crippen LogP contribution < -0.4 is 10.7 Å². The Balaban J connectivity index is 2.07. The zero-order valence-corrected chi connectivity index (χ0v) is 10.1. The molecule has 0 saturated heterocycles. The Morgan fingerprint density at radius 3 is 2.56 bits per heavy atom. The van der Waals surface area contributed by atoms with Crippen molar-refractivity contribution in [1.29, 1.82) is 0 Å². The SMILES string of the molecule is CN(C)CCCNCCn1ccc(=O)cc1. The Kier molecular flexibility index (Phi) is 5.82. The van der Waals surface area contributed by atoms with Gasteiger partial charge >= 0.3 is 0 Å². The average Bonchev–Trinajstić information content (AvgIpc) is 2.25. The van der Waals surface area contributed by atoms with E-state index >= 15 is 0 Å². The molecule has 1 rings (SSSR count). The van der Waals surface area contributed by atoms with Crippen LogP contribution in [0.15, 0.2) is 29.3 Å². The van der Waals surface area contributed by atoms with Gasteiger partial charge in [-0.2, -0.15) is 0 Å². The third-order valence-electron chi connectivity index (χ3n) is 2.37. The molecule has 0 aromatic carbocycles. The van der Waals surface area contributed by atoms with Crippen molar-refractivity contribution < 1.29 is 0 Å². The number of nitrogens with zero attached hydrogens (tertiary/aromatic N) is 2. The van der Waals surface area contributed by atoms with Crippen LogP contribution in [0.4, 0.5) is 0 Å². The maximum absolute atomic E-state index is 10.9. The van der Waals surface area contributed by atoms with Gasteiger partial charge in [0.15, 0.2) is 5.43 Å². The molecular weight excluding hydrogens is 202 g/mol. The van der Waals surface area contributed by atoms with Crippen molar-refractivity contribution in [3.63, 3.8) is 0 Å². The molecule has 0 atom stereocenters. The minimum Gasteiger partial charge on any atom is -0.353 e. The molecule has 0 unspecified atom stereocenters. The van der Waals surface area contributed by atoms with Crippen LogP contribution in [0.2, 0.25) is 0 Å². The molecule has 0 saturated carbocycles. The zero-order chi connectivity index (χ0) is 11.8. The topological polar surface area (TPSA) is 37.3 Å². The number of nitrogens with one attached hydrogen (secondary N) is 1. The number of pyridine rings is 1. The standard InChI is InChI=1S/C12H21N3O/c1-14(2)8-3-6-13-7-11-15-9-4-12(16)5-10-15/h4-5,9-10,13H,3,6-8,11H2,1-2H3. The number of hydrogen-bond donors (Lipinski definition) is 1. The van der Waals surface area contributed by atoms with Gasteiger partial charge in [-0.25, -0.2) is 0 Å². The van der Waals surface area contributed by atoms with Gasteiger partial charge in [0.2, 0.25) is 0 Å². The number of rotatable bonds is 7. The van der Waals surface area contributed by atoms with Gasteiger partial charge in [-0.15, -0.1) is 0 Å². The van der Waals surface area contributed by atoms with Crippen LogP contribution in [0.25, 0.3) is 0 Å². The summed E-state index contributed by atoms with van der Waals surface area (Å²) in [6.07, 6.45) is 4.81. The van der Waals surface area contributed by atoms with E-state index in [2.05, 4.69) is 24.3 Å². The molecule has 1 heterocycles. The summed E-state index contributed by atoms with van der Waals surface area (Å²) in [6.45, 7) is 4.00. The smallest absolute Gasteiger partial charge is 0.181 e. The molecule has 0 spiro atoms. The predicted octanol–water partition coefficient (Wildman–Crippen LogP) is 0.390. The minimum absolute atomic E-state index is 0.0650. The Labute approximate surface area is 96.9 Å². The van der Waals surface area contributed by atoms with Crippen molar-refractivity contribution in [2.45, 2.75) is 13.0 Å². The van der Waals surface area contributed by atoms with Gasteiger partial charge < -0.3 is 14.8 Å². The van der Waals surface area contributed by atoms with Crippen LogP contribution in [0, 0.1) is 0 Å². The van der Waals surface area contributed by atoms with Crippen molar-refractivity contribution in [3.05, 3.63) is 34.7 Å². The van der Waals surface area contributed by atoms with Gasteiger partial charge in [-0.3, -0.25) is 4.79 Å². The second-order valence-corrected chi connectivity index (χ2v) is 4.18. The maximum atomic E-state index is 10.9. The van der Waals surface area contributed by atoms with E-state index < -0.39 is 0 Å². The molecule has 16 heavy (non-hydrogen) atoms. The first kappa shape index (κ1) is 12.9. The first-order valence-corrected chi connectivity index (χ1v) is 5.70. The Bertz CT molecular complexity index is 326. The summed E-state index contributed by atoms with van der Waals surface area (Å²) in [7, 11) is 4.17. The van der Waals surface area contributed by atoms with Crippen molar-refractivity contribution in [1.82, 2.24) is 14.8 Å². The molecule has 0 amide bonds. The Morgan fingerprint density at radius 2 is 1.94 bits per heavy atom. The highest BCUT2D eigenvalue weighted by Gasteiger charge is 1.92. The van der Waals surface area contributed by atoms with E-state index in [-0.39, 0.29) is 5.43 Å². The molecule has 0 aliphatic heterocycles. The lowest BCUT2D eigenvalue weighted by Gasteiger charge is -2.10. The molecule has 0 aliphatic rings. The number of aromatic nitrogens is 1. The zero-order valence-electron chi connectivity index (χ0n) is 10.1. The molecule has 4 nitrogen and oxygen atoms in total. The summed E-state index contributed by atoms with van der Waals surface area (Å²) < 4.78 is 2.01. The van der Waals surface area contributed by atoms with Crippen molar-refractivity contribution in [2.24, 2.45) is 0 Å². The Hall–Kier alpha value is -1.13. The quantitative estimate of drug-likeness (QED) is 0.679. The van der Waals surface area contributed by atoms with Crippen LogP contribution in [0.1, 0.15) is 6.42 Å². The summed E-state index contributed by atoms with van der Waals surface area (Å²) in [4.78, 5) is 13.1. The normalized spacial score (nSPS) is 10.9. The van der Waals surface area contributed by atoms with E-state index in [4.69, 9.17) is 0 Å². The van der Waals surface area contributed by atoms with Crippen molar-refractivity contribution in [2.75, 3.05) is 33.7 Å². The fourth-order valence-electron chi connectivity index (χ4n) is 1.45. The molecule has 90 valence electrons. The summed E-state index contributed by atoms with van der Waals surface area (Å²) in [5.74, 6) is 0. The molecule has 1 N–H and O–H groups in total. The van der Waals surface area contributed by atoms with Gasteiger partial charge in [0, 0.05) is 37.6 Å². The average molecular weight is 223 g/mol. The molecule has 0 fully saturated rings. The lowest BCUT2D eigenvalue weighted by atomic mass is 10.4. The fraction of sp³-hybridized carbons (Fsp3) is 0.583. The van der Waals surface area contributed by atoms with Crippen molar-refractivity contribution in [3.8, 4) is 0 Å². The van der Waals surface area contributed by atoms with Gasteiger partial charge in [0.25, 0.3) is 0 Å². The first-order chi connectivity index (χ1) is 7.68. The first-order valence-electron chi connectivity index (χ1n) is 5.70. The summed E-state index contributed by atoms with van der Waals surface area (Å²) in [5.41, 5.74) is 0.0650. The van der Waals surface area contributed by atoms with Gasteiger partial charge in [-0.1, -0.05) is 0 Å². The van der Waals surface area contributed by atoms with Crippen LogP contribution in [0.3, 0.4) is 0 Å². The molecule has 0 bridgehead atoms. The van der Waals surface area contributed by atoms with E-state index in [0.29, 0.717) is 0 Å². The van der Waals surface area contributed by atoms with E-state index in [1.807, 2.05) is 17.0 Å². The highest BCUT2D eigenvalue weighted by Crippen LogP contribution is 1.84. The molecule has 1 aromatic heterocycles. The van der Waals surface area contributed by atoms with Gasteiger partial charge in [0.05, 0.1) is 0 Å². The highest BCUT2D eigenvalue weighted by atomic mass is 16.1. The third kappa shape index (κ3) is 5.68. The summed E-state index contributed by atoms with van der Waals surface area (Å²) >= 11 is 0. The number of hydrogen-bond acceptors (Lipinski definition) is 3. The summed E-state index contributed by atoms with van der Waals surface area (Å²) in [6, 6.07) is 3.18. The van der Waals surface area contributed by atoms with Gasteiger partial charge in [-0.05, 0) is 33.6 Å². The van der Waals surface area contributed by atoms with E-state index in [9.17, 15) is 4.79 Å². The predicted molar refractivity (Wildman–Crippen MR) is 66.7 cm³/mol. The second-order valence-electron chi connectivity index (χ2n) is 4.18. The maximum Gasteiger partial charge on any atom is 0.181 e. The molecule has 4 heteroatoms. The van der Waals surface area contributed by atoms with Crippen LogP contribution in [0.5, 0.6) is 0 Å². The summed E-state index contributed by atoms with van der Waals surface area (Å²) in [5, 5.41) is 3.38. The molecule has 1 aromatic rings. The fourth-order valence-corrected chi connectivity index (χ4v) is 1.45. The van der Waals surface area contributed by atoms with E-state index in [1.165, 1.54) is 0 Å². The van der Waals surface area contributed by atoms with Crippen LogP contribution >= 0.6 is 0 Å². The van der Waals surface area contributed by atoms with E-state index in [1.54, 1.807) is 12.1 Å². The van der Waals surface area contributed by atoms with E-state index in [0.717, 1.165) is 32.6 Å². The highest BCUT2D eigenvalue weighted by molar-refractivity contribution is 4.93. The molecular formula is C12H21N3O. The second kappa shape index (κ2) is 7.19. The van der Waals surface area contributed by atoms with Crippen LogP contribution in [-0.4, -0.2) is 43.2 Å². The van der Waals surface area contributed by atoms with Crippen LogP contribution in [-0.2, 0) is 6.54 Å². The monoisotopic (exact) mass is 223 g/mol. The largest absolute Gasteiger partial charge is 0.353 e. The minimum atomic E-state index is 0.0650. The van der Waals surface area contributed by atoms with Crippen molar-refractivity contribution >= 4 is 0 Å². The molecule has 0 radical (unpaired) electrons. The molecule has 0 aliphatic carbocycles. The lowest BCUT2D eigenvalue weighted by Crippen LogP contribution is -2.24.